The summed E-state index contributed by atoms with van der Waals surface area (Å²) in [5.41, 5.74) is 6.65. The minimum Gasteiger partial charge on any atom is -0.497 e. The van der Waals surface area contributed by atoms with Crippen molar-refractivity contribution in [2.24, 2.45) is 0 Å². The molecule has 144 valence electrons. The average Bonchev–Trinajstić information content (AvgIpc) is 2.92. The number of rotatable bonds is 3. The van der Waals surface area contributed by atoms with Crippen LogP contribution in [0, 0.1) is 6.92 Å². The zero-order chi connectivity index (χ0) is 20.2. The molecule has 0 atom stereocenters. The molecule has 2 aliphatic heterocycles. The highest BCUT2D eigenvalue weighted by atomic mass is 16.5. The number of hydrogen-bond donors (Lipinski definition) is 0. The first-order valence-electron chi connectivity index (χ1n) is 9.40. The lowest BCUT2D eigenvalue weighted by Gasteiger charge is -2.38. The van der Waals surface area contributed by atoms with Crippen molar-refractivity contribution in [3.63, 3.8) is 0 Å². The second-order valence-electron chi connectivity index (χ2n) is 8.00. The number of anilines is 1. The Morgan fingerprint density at radius 1 is 1.00 bits per heavy atom. The van der Waals surface area contributed by atoms with Gasteiger partial charge in [-0.1, -0.05) is 6.08 Å². The first-order valence-corrected chi connectivity index (χ1v) is 9.40. The molecule has 0 aromatic heterocycles. The zero-order valence-corrected chi connectivity index (χ0v) is 17.2. The summed E-state index contributed by atoms with van der Waals surface area (Å²) in [4.78, 5) is 15.4. The van der Waals surface area contributed by atoms with Gasteiger partial charge in [-0.2, -0.15) is 0 Å². The molecule has 0 spiro atoms. The van der Waals surface area contributed by atoms with E-state index in [0.717, 1.165) is 33.7 Å². The van der Waals surface area contributed by atoms with E-state index in [1.54, 1.807) is 14.2 Å². The monoisotopic (exact) mass is 375 g/mol. The Bertz CT molecular complexity index is 1060. The molecular weight excluding hydrogens is 350 g/mol. The van der Waals surface area contributed by atoms with Crippen LogP contribution in [0.4, 0.5) is 5.69 Å². The molecule has 0 bridgehead atoms. The van der Waals surface area contributed by atoms with Crippen LogP contribution < -0.4 is 14.4 Å². The number of ether oxygens (including phenoxy) is 2. The van der Waals surface area contributed by atoms with Crippen molar-refractivity contribution in [1.29, 1.82) is 0 Å². The highest BCUT2D eigenvalue weighted by Crippen LogP contribution is 2.50. The van der Waals surface area contributed by atoms with Gasteiger partial charge < -0.3 is 9.47 Å². The van der Waals surface area contributed by atoms with Gasteiger partial charge in [0.15, 0.2) is 0 Å². The first-order chi connectivity index (χ1) is 13.3. The smallest absolute Gasteiger partial charge is 0.259 e. The maximum Gasteiger partial charge on any atom is 0.259 e. The molecule has 0 radical (unpaired) electrons. The van der Waals surface area contributed by atoms with E-state index in [-0.39, 0.29) is 11.4 Å². The van der Waals surface area contributed by atoms with Crippen molar-refractivity contribution in [1.82, 2.24) is 0 Å². The van der Waals surface area contributed by atoms with E-state index in [4.69, 9.17) is 9.47 Å². The molecule has 0 unspecified atom stereocenters. The van der Waals surface area contributed by atoms with Gasteiger partial charge in [-0.25, -0.2) is 0 Å². The molecule has 28 heavy (non-hydrogen) atoms. The lowest BCUT2D eigenvalue weighted by molar-refractivity contribution is -0.113. The van der Waals surface area contributed by atoms with Crippen LogP contribution in [0.2, 0.25) is 0 Å². The second-order valence-corrected chi connectivity index (χ2v) is 8.00. The molecule has 1 amide bonds. The summed E-state index contributed by atoms with van der Waals surface area (Å²) in [5, 5.41) is 0. The second kappa shape index (κ2) is 6.26. The highest BCUT2D eigenvalue weighted by Gasteiger charge is 2.44. The van der Waals surface area contributed by atoms with Crippen LogP contribution in [0.3, 0.4) is 0 Å². The van der Waals surface area contributed by atoms with E-state index in [2.05, 4.69) is 45.9 Å². The summed E-state index contributed by atoms with van der Waals surface area (Å²) >= 11 is 0. The Balaban J connectivity index is 1.95. The number of carbonyl (C=O) groups is 1. The summed E-state index contributed by atoms with van der Waals surface area (Å²) < 4.78 is 10.8. The fraction of sp³-hybridized carbons (Fsp3) is 0.292. The molecule has 0 saturated heterocycles. The van der Waals surface area contributed by atoms with E-state index in [9.17, 15) is 4.79 Å². The summed E-state index contributed by atoms with van der Waals surface area (Å²) in [6, 6.07) is 9.90. The van der Waals surface area contributed by atoms with Crippen LogP contribution >= 0.6 is 0 Å². The summed E-state index contributed by atoms with van der Waals surface area (Å²) in [6.45, 7) is 8.35. The molecule has 0 N–H and O–H groups in total. The Morgan fingerprint density at radius 2 is 1.71 bits per heavy atom. The van der Waals surface area contributed by atoms with Crippen LogP contribution in [0.25, 0.3) is 17.2 Å². The topological polar surface area (TPSA) is 38.8 Å². The van der Waals surface area contributed by atoms with Gasteiger partial charge in [0, 0.05) is 22.8 Å². The molecule has 0 aliphatic carbocycles. The molecule has 4 heteroatoms. The van der Waals surface area contributed by atoms with Gasteiger partial charge in [-0.3, -0.25) is 9.69 Å². The van der Waals surface area contributed by atoms with Crippen molar-refractivity contribution in [3.8, 4) is 11.5 Å². The Hall–Kier alpha value is -3.01. The number of amides is 1. The van der Waals surface area contributed by atoms with Crippen molar-refractivity contribution in [2.75, 3.05) is 19.1 Å². The largest absolute Gasteiger partial charge is 0.497 e. The standard InChI is InChI=1S/C24H25NO3/c1-14-9-18-15(2)13-24(3,4)25-22(18)19(10-14)20(23(25)26)11-16-7-8-17(27-5)12-21(16)28-6/h7-13H,1-6H3/b20-11+. The van der Waals surface area contributed by atoms with Gasteiger partial charge in [-0.15, -0.1) is 0 Å². The number of allylic oxidation sites excluding steroid dienone is 1. The van der Waals surface area contributed by atoms with E-state index < -0.39 is 0 Å². The number of aryl methyl sites for hydroxylation is 1. The lowest BCUT2D eigenvalue weighted by Crippen LogP contribution is -2.46. The van der Waals surface area contributed by atoms with Gasteiger partial charge in [0.05, 0.1) is 31.0 Å². The number of methoxy groups -OCH3 is 2. The number of benzene rings is 2. The third kappa shape index (κ3) is 2.63. The molecule has 2 aromatic carbocycles. The van der Waals surface area contributed by atoms with Gasteiger partial charge in [0.25, 0.3) is 5.91 Å². The number of hydrogen-bond acceptors (Lipinski definition) is 3. The van der Waals surface area contributed by atoms with Crippen LogP contribution in [0.5, 0.6) is 11.5 Å². The fourth-order valence-electron chi connectivity index (χ4n) is 4.32. The maximum atomic E-state index is 13.5. The lowest BCUT2D eigenvalue weighted by atomic mass is 9.88. The summed E-state index contributed by atoms with van der Waals surface area (Å²) in [6.07, 6.45) is 4.10. The minimum atomic E-state index is -0.377. The third-order valence-corrected chi connectivity index (χ3v) is 5.51. The molecule has 0 fully saturated rings. The van der Waals surface area contributed by atoms with Gasteiger partial charge in [0.2, 0.25) is 0 Å². The molecule has 4 nitrogen and oxygen atoms in total. The Morgan fingerprint density at radius 3 is 2.39 bits per heavy atom. The Kier molecular flexibility index (Phi) is 4.11. The highest BCUT2D eigenvalue weighted by molar-refractivity contribution is 6.37. The number of carbonyl (C=O) groups excluding carboxylic acids is 1. The molecule has 2 aromatic rings. The first kappa shape index (κ1) is 18.4. The summed E-state index contributed by atoms with van der Waals surface area (Å²) in [7, 11) is 3.25. The van der Waals surface area contributed by atoms with E-state index in [0.29, 0.717) is 11.3 Å². The van der Waals surface area contributed by atoms with Crippen LogP contribution in [-0.2, 0) is 4.79 Å². The van der Waals surface area contributed by atoms with E-state index in [1.807, 2.05) is 29.2 Å². The number of nitrogens with zero attached hydrogens (tertiary/aromatic N) is 1. The van der Waals surface area contributed by atoms with Gasteiger partial charge in [-0.05, 0) is 69.2 Å². The SMILES string of the molecule is COc1ccc(/C=C2/C(=O)N3c4c(cc(C)cc42)C(C)=CC3(C)C)c(OC)c1. The normalized spacial score (nSPS) is 18.2. The average molecular weight is 375 g/mol. The molecule has 0 saturated carbocycles. The van der Waals surface area contributed by atoms with Crippen molar-refractivity contribution in [3.05, 3.63) is 58.7 Å². The van der Waals surface area contributed by atoms with Crippen molar-refractivity contribution in [2.45, 2.75) is 33.2 Å². The predicted molar refractivity (Wildman–Crippen MR) is 114 cm³/mol. The molecular formula is C24H25NO3. The van der Waals surface area contributed by atoms with Crippen LogP contribution in [0.1, 0.15) is 43.0 Å². The van der Waals surface area contributed by atoms with Gasteiger partial charge in [0.1, 0.15) is 11.5 Å². The van der Waals surface area contributed by atoms with Crippen LogP contribution in [-0.4, -0.2) is 25.7 Å². The third-order valence-electron chi connectivity index (χ3n) is 5.51. The van der Waals surface area contributed by atoms with Gasteiger partial charge >= 0.3 is 0 Å². The van der Waals surface area contributed by atoms with Crippen molar-refractivity contribution < 1.29 is 14.3 Å². The van der Waals surface area contributed by atoms with E-state index in [1.165, 1.54) is 5.57 Å². The van der Waals surface area contributed by atoms with E-state index >= 15 is 0 Å². The molecule has 4 rings (SSSR count). The zero-order valence-electron chi connectivity index (χ0n) is 17.2. The van der Waals surface area contributed by atoms with Crippen LogP contribution in [0.15, 0.2) is 36.4 Å². The summed E-state index contributed by atoms with van der Waals surface area (Å²) in [5.74, 6) is 1.42. The predicted octanol–water partition coefficient (Wildman–Crippen LogP) is 5.09. The minimum absolute atomic E-state index is 0.0217. The Labute approximate surface area is 166 Å². The molecule has 2 aliphatic rings. The fourth-order valence-corrected chi connectivity index (χ4v) is 4.32. The van der Waals surface area contributed by atoms with Crippen molar-refractivity contribution >= 4 is 28.8 Å². The molecule has 2 heterocycles. The maximum absolute atomic E-state index is 13.5. The quantitative estimate of drug-likeness (QED) is 0.701.